The van der Waals surface area contributed by atoms with E-state index in [1.54, 1.807) is 0 Å². The second-order valence-corrected chi connectivity index (χ2v) is 5.94. The van der Waals surface area contributed by atoms with Gasteiger partial charge in [-0.2, -0.15) is 0 Å². The van der Waals surface area contributed by atoms with Gasteiger partial charge in [0.25, 0.3) is 0 Å². The first-order valence-corrected chi connectivity index (χ1v) is 6.97. The van der Waals surface area contributed by atoms with E-state index in [-0.39, 0.29) is 5.41 Å². The molecule has 19 heavy (non-hydrogen) atoms. The predicted octanol–water partition coefficient (Wildman–Crippen LogP) is 3.03. The number of furan rings is 1. The van der Waals surface area contributed by atoms with Gasteiger partial charge in [0, 0.05) is 36.1 Å². The van der Waals surface area contributed by atoms with Crippen molar-refractivity contribution in [1.82, 2.24) is 4.90 Å². The molecule has 0 atom stereocenters. The summed E-state index contributed by atoms with van der Waals surface area (Å²) < 4.78 is 5.57. The Hall–Kier alpha value is -1.32. The molecule has 1 aromatic heterocycles. The maximum atomic E-state index is 9.54. The number of benzene rings is 1. The smallest absolute Gasteiger partial charge is 0.134 e. The largest absolute Gasteiger partial charge is 0.464 e. The highest BCUT2D eigenvalue weighted by Gasteiger charge is 2.37. The Labute approximate surface area is 113 Å². The van der Waals surface area contributed by atoms with Gasteiger partial charge >= 0.3 is 0 Å². The van der Waals surface area contributed by atoms with Crippen molar-refractivity contribution in [1.29, 1.82) is 0 Å². The summed E-state index contributed by atoms with van der Waals surface area (Å²) in [5, 5.41) is 10.7. The number of fused-ring (bicyclic) bond motifs is 1. The Morgan fingerprint density at radius 3 is 2.79 bits per heavy atom. The van der Waals surface area contributed by atoms with Crippen LogP contribution in [0.2, 0.25) is 0 Å². The van der Waals surface area contributed by atoms with Crippen LogP contribution >= 0.6 is 0 Å². The van der Waals surface area contributed by atoms with Gasteiger partial charge in [-0.1, -0.05) is 24.6 Å². The zero-order chi connectivity index (χ0) is 13.3. The Morgan fingerprint density at radius 1 is 1.32 bits per heavy atom. The average Bonchev–Trinajstić information content (AvgIpc) is 2.78. The van der Waals surface area contributed by atoms with Crippen LogP contribution in [-0.2, 0) is 6.54 Å². The molecule has 1 aromatic carbocycles. The van der Waals surface area contributed by atoms with Gasteiger partial charge in [0.05, 0.1) is 6.26 Å². The summed E-state index contributed by atoms with van der Waals surface area (Å²) in [6.45, 7) is 2.14. The third-order valence-electron chi connectivity index (χ3n) is 4.36. The molecule has 3 heteroatoms. The monoisotopic (exact) mass is 259 g/mol. The first kappa shape index (κ1) is 12.7. The summed E-state index contributed by atoms with van der Waals surface area (Å²) in [7, 11) is 2.12. The van der Waals surface area contributed by atoms with Crippen molar-refractivity contribution in [3.8, 4) is 0 Å². The summed E-state index contributed by atoms with van der Waals surface area (Å²) in [5.41, 5.74) is 2.32. The summed E-state index contributed by atoms with van der Waals surface area (Å²) >= 11 is 0. The van der Waals surface area contributed by atoms with E-state index in [1.807, 2.05) is 24.5 Å². The Kier molecular flexibility index (Phi) is 3.33. The van der Waals surface area contributed by atoms with E-state index < -0.39 is 0 Å². The zero-order valence-corrected chi connectivity index (χ0v) is 11.4. The molecule has 3 rings (SSSR count). The molecule has 1 saturated carbocycles. The molecule has 1 aliphatic rings. The number of nitrogens with zero attached hydrogens (tertiary/aromatic N) is 1. The van der Waals surface area contributed by atoms with Crippen molar-refractivity contribution in [3.05, 3.63) is 36.1 Å². The molecule has 3 nitrogen and oxygen atoms in total. The fourth-order valence-corrected chi connectivity index (χ4v) is 3.12. The molecular formula is C16H21NO2. The molecule has 0 spiro atoms. The average molecular weight is 259 g/mol. The molecule has 0 amide bonds. The van der Waals surface area contributed by atoms with Crippen molar-refractivity contribution in [2.75, 3.05) is 20.2 Å². The maximum absolute atomic E-state index is 9.54. The predicted molar refractivity (Wildman–Crippen MR) is 75.9 cm³/mol. The van der Waals surface area contributed by atoms with Gasteiger partial charge in [-0.25, -0.2) is 0 Å². The first-order chi connectivity index (χ1) is 9.22. The molecule has 0 bridgehead atoms. The van der Waals surface area contributed by atoms with E-state index in [0.717, 1.165) is 31.5 Å². The Bertz CT molecular complexity index is 551. The summed E-state index contributed by atoms with van der Waals surface area (Å²) in [6.07, 6.45) is 5.41. The van der Waals surface area contributed by atoms with E-state index in [2.05, 4.69) is 18.0 Å². The van der Waals surface area contributed by atoms with Gasteiger partial charge in [0.2, 0.25) is 0 Å². The number of hydrogen-bond donors (Lipinski definition) is 1. The number of aliphatic hydroxyl groups excluding tert-OH is 1. The van der Waals surface area contributed by atoms with E-state index in [9.17, 15) is 5.11 Å². The van der Waals surface area contributed by atoms with Crippen LogP contribution in [0, 0.1) is 5.41 Å². The van der Waals surface area contributed by atoms with Crippen LogP contribution in [0.5, 0.6) is 0 Å². The van der Waals surface area contributed by atoms with Crippen molar-refractivity contribution < 1.29 is 9.52 Å². The van der Waals surface area contributed by atoms with E-state index in [1.165, 1.54) is 17.4 Å². The Morgan fingerprint density at radius 2 is 2.11 bits per heavy atom. The lowest BCUT2D eigenvalue weighted by molar-refractivity contribution is 0.0128. The molecule has 0 unspecified atom stereocenters. The standard InChI is InChI=1S/C16H21NO2/c1-17(11-16(12-18)7-4-8-16)9-13-10-19-15-6-3-2-5-14(13)15/h2-3,5-6,10,18H,4,7-9,11-12H2,1H3. The van der Waals surface area contributed by atoms with Crippen LogP contribution < -0.4 is 0 Å². The number of rotatable bonds is 5. The molecule has 1 N–H and O–H groups in total. The Balaban J connectivity index is 1.70. The van der Waals surface area contributed by atoms with Crippen molar-refractivity contribution in [2.45, 2.75) is 25.8 Å². The fourth-order valence-electron chi connectivity index (χ4n) is 3.12. The molecule has 102 valence electrons. The lowest BCUT2D eigenvalue weighted by atomic mass is 9.69. The molecule has 0 aliphatic heterocycles. The van der Waals surface area contributed by atoms with Gasteiger partial charge in [-0.05, 0) is 26.0 Å². The van der Waals surface area contributed by atoms with Gasteiger partial charge in [-0.15, -0.1) is 0 Å². The molecule has 2 aromatic rings. The normalized spacial score (nSPS) is 17.8. The molecule has 1 heterocycles. The van der Waals surface area contributed by atoms with E-state index in [4.69, 9.17) is 4.42 Å². The SMILES string of the molecule is CN(Cc1coc2ccccc12)CC1(CO)CCC1. The van der Waals surface area contributed by atoms with Crippen molar-refractivity contribution in [2.24, 2.45) is 5.41 Å². The highest BCUT2D eigenvalue weighted by atomic mass is 16.3. The second-order valence-electron chi connectivity index (χ2n) is 5.94. The zero-order valence-electron chi connectivity index (χ0n) is 11.4. The van der Waals surface area contributed by atoms with E-state index >= 15 is 0 Å². The molecule has 1 aliphatic carbocycles. The van der Waals surface area contributed by atoms with Gasteiger partial charge in [0.1, 0.15) is 5.58 Å². The van der Waals surface area contributed by atoms with Crippen molar-refractivity contribution in [3.63, 3.8) is 0 Å². The summed E-state index contributed by atoms with van der Waals surface area (Å²) in [4.78, 5) is 2.30. The molecule has 0 radical (unpaired) electrons. The van der Waals surface area contributed by atoms with Gasteiger partial charge in [0.15, 0.2) is 0 Å². The fraction of sp³-hybridized carbons (Fsp3) is 0.500. The molecule has 1 fully saturated rings. The van der Waals surface area contributed by atoms with Crippen LogP contribution in [0.3, 0.4) is 0 Å². The van der Waals surface area contributed by atoms with Gasteiger partial charge in [-0.3, -0.25) is 0 Å². The lowest BCUT2D eigenvalue weighted by Crippen LogP contribution is -2.43. The minimum absolute atomic E-state index is 0.147. The van der Waals surface area contributed by atoms with Crippen LogP contribution in [0.4, 0.5) is 0 Å². The van der Waals surface area contributed by atoms with Crippen LogP contribution in [0.15, 0.2) is 34.9 Å². The maximum Gasteiger partial charge on any atom is 0.134 e. The van der Waals surface area contributed by atoms with Crippen molar-refractivity contribution >= 4 is 11.0 Å². The first-order valence-electron chi connectivity index (χ1n) is 6.97. The number of aliphatic hydroxyl groups is 1. The summed E-state index contributed by atoms with van der Waals surface area (Å²) in [5.74, 6) is 0. The minimum atomic E-state index is 0.147. The molecule has 0 saturated heterocycles. The number of para-hydroxylation sites is 1. The topological polar surface area (TPSA) is 36.6 Å². The third kappa shape index (κ3) is 2.40. The van der Waals surface area contributed by atoms with E-state index in [0.29, 0.717) is 6.61 Å². The quantitative estimate of drug-likeness (QED) is 0.896. The minimum Gasteiger partial charge on any atom is -0.464 e. The molecular weight excluding hydrogens is 238 g/mol. The highest BCUT2D eigenvalue weighted by molar-refractivity contribution is 5.80. The van der Waals surface area contributed by atoms with Crippen LogP contribution in [0.1, 0.15) is 24.8 Å². The lowest BCUT2D eigenvalue weighted by Gasteiger charge is -2.42. The summed E-state index contributed by atoms with van der Waals surface area (Å²) in [6, 6.07) is 8.14. The second kappa shape index (κ2) is 4.99. The number of hydrogen-bond acceptors (Lipinski definition) is 3. The van der Waals surface area contributed by atoms with Gasteiger partial charge < -0.3 is 14.4 Å². The highest BCUT2D eigenvalue weighted by Crippen LogP contribution is 2.41. The van der Waals surface area contributed by atoms with Crippen LogP contribution in [-0.4, -0.2) is 30.2 Å². The van der Waals surface area contributed by atoms with Crippen LogP contribution in [0.25, 0.3) is 11.0 Å². The third-order valence-corrected chi connectivity index (χ3v) is 4.36.